The molecule has 0 N–H and O–H groups in total. The molecule has 0 spiro atoms. The average molecular weight is 341 g/mol. The van der Waals surface area contributed by atoms with Crippen LogP contribution in [0.3, 0.4) is 0 Å². The number of nitrogens with zero attached hydrogens (tertiary/aromatic N) is 2. The van der Waals surface area contributed by atoms with Crippen molar-refractivity contribution in [3.63, 3.8) is 0 Å². The molecule has 0 radical (unpaired) electrons. The zero-order chi connectivity index (χ0) is 13.8. The summed E-state index contributed by atoms with van der Waals surface area (Å²) in [5, 5.41) is 6.38. The van der Waals surface area contributed by atoms with Gasteiger partial charge in [-0.3, -0.25) is 9.48 Å². The van der Waals surface area contributed by atoms with Gasteiger partial charge in [-0.05, 0) is 47.1 Å². The quantitative estimate of drug-likeness (QED) is 0.803. The predicted molar refractivity (Wildman–Crippen MR) is 81.6 cm³/mol. The zero-order valence-corrected chi connectivity index (χ0v) is 13.6. The molecule has 0 saturated carbocycles. The van der Waals surface area contributed by atoms with Crippen LogP contribution in [0, 0.1) is 6.92 Å². The lowest BCUT2D eigenvalue weighted by Crippen LogP contribution is -2.08. The van der Waals surface area contributed by atoms with Gasteiger partial charge in [0.15, 0.2) is 0 Å². The lowest BCUT2D eigenvalue weighted by molar-refractivity contribution is -0.118. The number of carbonyl (C=O) groups is 1. The monoisotopic (exact) mass is 340 g/mol. The first-order valence-corrected chi connectivity index (χ1v) is 7.97. The molecule has 5 heteroatoms. The molecule has 0 aliphatic carbocycles. The van der Waals surface area contributed by atoms with Crippen LogP contribution in [0.5, 0.6) is 0 Å². The van der Waals surface area contributed by atoms with Crippen LogP contribution in [0.2, 0.25) is 0 Å². The third-order valence-electron chi connectivity index (χ3n) is 3.09. The normalized spacial score (nSPS) is 10.9. The molecule has 0 aliphatic heterocycles. The third-order valence-corrected chi connectivity index (χ3v) is 5.05. The first-order chi connectivity index (χ1) is 9.08. The van der Waals surface area contributed by atoms with Crippen molar-refractivity contribution in [2.75, 3.05) is 0 Å². The van der Waals surface area contributed by atoms with Crippen LogP contribution in [0.4, 0.5) is 0 Å². The molecule has 0 aliphatic rings. The van der Waals surface area contributed by atoms with E-state index >= 15 is 0 Å². The van der Waals surface area contributed by atoms with E-state index in [2.05, 4.69) is 38.5 Å². The largest absolute Gasteiger partial charge is 0.299 e. The molecule has 2 aromatic heterocycles. The molecule has 0 fully saturated rings. The fraction of sp³-hybridized carbons (Fsp3) is 0.429. The Morgan fingerprint density at radius 1 is 1.53 bits per heavy atom. The minimum atomic E-state index is 0.278. The first kappa shape index (κ1) is 14.5. The molecule has 0 atom stereocenters. The second-order valence-electron chi connectivity index (χ2n) is 4.62. The molecule has 2 rings (SSSR count). The second kappa shape index (κ2) is 6.48. The van der Waals surface area contributed by atoms with Gasteiger partial charge < -0.3 is 0 Å². The standard InChI is InChI=1S/C14H17BrN2OS/c1-10-14(15)13(17(2)16-10)9-11(18)5-3-6-12-7-4-8-19-12/h4,7-8H,3,5-6,9H2,1-2H3. The molecular weight excluding hydrogens is 324 g/mol. The van der Waals surface area contributed by atoms with Crippen LogP contribution < -0.4 is 0 Å². The SMILES string of the molecule is Cc1nn(C)c(CC(=O)CCCc2cccs2)c1Br. The van der Waals surface area contributed by atoms with E-state index in [1.165, 1.54) is 4.88 Å². The van der Waals surface area contributed by atoms with E-state index in [-0.39, 0.29) is 5.78 Å². The Kier molecular flexibility index (Phi) is 4.93. The lowest BCUT2D eigenvalue weighted by atomic mass is 10.1. The van der Waals surface area contributed by atoms with E-state index in [9.17, 15) is 4.79 Å². The molecule has 102 valence electrons. The number of aryl methyl sites for hydroxylation is 3. The summed E-state index contributed by atoms with van der Waals surface area (Å²) in [4.78, 5) is 13.3. The molecule has 19 heavy (non-hydrogen) atoms. The first-order valence-electron chi connectivity index (χ1n) is 6.30. The van der Waals surface area contributed by atoms with Crippen molar-refractivity contribution in [2.45, 2.75) is 32.6 Å². The molecule has 2 aromatic rings. The van der Waals surface area contributed by atoms with Gasteiger partial charge in [-0.25, -0.2) is 0 Å². The minimum Gasteiger partial charge on any atom is -0.299 e. The fourth-order valence-electron chi connectivity index (χ4n) is 2.06. The Bertz CT molecular complexity index is 560. The maximum atomic E-state index is 12.0. The summed E-state index contributed by atoms with van der Waals surface area (Å²) in [6.45, 7) is 1.94. The maximum absolute atomic E-state index is 12.0. The van der Waals surface area contributed by atoms with Gasteiger partial charge >= 0.3 is 0 Å². The minimum absolute atomic E-state index is 0.278. The van der Waals surface area contributed by atoms with Crippen LogP contribution >= 0.6 is 27.3 Å². The number of Topliss-reactive ketones (excluding diaryl/α,β-unsaturated/α-hetero) is 1. The van der Waals surface area contributed by atoms with E-state index < -0.39 is 0 Å². The number of ketones is 1. The number of halogens is 1. The molecule has 0 saturated heterocycles. The topological polar surface area (TPSA) is 34.9 Å². The number of hydrogen-bond donors (Lipinski definition) is 0. The highest BCUT2D eigenvalue weighted by atomic mass is 79.9. The van der Waals surface area contributed by atoms with E-state index in [0.29, 0.717) is 12.8 Å². The Labute approximate surface area is 125 Å². The highest BCUT2D eigenvalue weighted by molar-refractivity contribution is 9.10. The molecule has 0 amide bonds. The molecule has 3 nitrogen and oxygen atoms in total. The van der Waals surface area contributed by atoms with Gasteiger partial charge in [-0.15, -0.1) is 11.3 Å². The van der Waals surface area contributed by atoms with Crippen molar-refractivity contribution in [3.8, 4) is 0 Å². The molecule has 2 heterocycles. The summed E-state index contributed by atoms with van der Waals surface area (Å²) in [6.07, 6.45) is 3.01. The van der Waals surface area contributed by atoms with E-state index in [4.69, 9.17) is 0 Å². The zero-order valence-electron chi connectivity index (χ0n) is 11.1. The molecular formula is C14H17BrN2OS. The smallest absolute Gasteiger partial charge is 0.138 e. The summed E-state index contributed by atoms with van der Waals surface area (Å²) >= 11 is 5.25. The summed E-state index contributed by atoms with van der Waals surface area (Å²) in [6, 6.07) is 4.17. The average Bonchev–Trinajstić information content (AvgIpc) is 2.94. The van der Waals surface area contributed by atoms with Crippen LogP contribution in [-0.4, -0.2) is 15.6 Å². The number of rotatable bonds is 6. The highest BCUT2D eigenvalue weighted by Gasteiger charge is 2.14. The van der Waals surface area contributed by atoms with Gasteiger partial charge in [-0.2, -0.15) is 5.10 Å². The fourth-order valence-corrected chi connectivity index (χ4v) is 3.29. The Morgan fingerprint density at radius 3 is 2.89 bits per heavy atom. The Morgan fingerprint density at radius 2 is 2.32 bits per heavy atom. The van der Waals surface area contributed by atoms with Crippen LogP contribution in [0.1, 0.15) is 29.1 Å². The highest BCUT2D eigenvalue weighted by Crippen LogP contribution is 2.21. The number of thiophene rings is 1. The predicted octanol–water partition coefficient (Wildman–Crippen LogP) is 3.69. The van der Waals surface area contributed by atoms with E-state index in [0.717, 1.165) is 28.7 Å². The van der Waals surface area contributed by atoms with Crippen LogP contribution in [0.25, 0.3) is 0 Å². The van der Waals surface area contributed by atoms with Crippen molar-refractivity contribution in [1.82, 2.24) is 9.78 Å². The van der Waals surface area contributed by atoms with Crippen molar-refractivity contribution in [2.24, 2.45) is 7.05 Å². The third kappa shape index (κ3) is 3.76. The maximum Gasteiger partial charge on any atom is 0.138 e. The van der Waals surface area contributed by atoms with Crippen LogP contribution in [0.15, 0.2) is 22.0 Å². The van der Waals surface area contributed by atoms with E-state index in [1.54, 1.807) is 16.0 Å². The van der Waals surface area contributed by atoms with Crippen molar-refractivity contribution in [3.05, 3.63) is 38.3 Å². The summed E-state index contributed by atoms with van der Waals surface area (Å²) in [5.74, 6) is 0.278. The van der Waals surface area contributed by atoms with Crippen molar-refractivity contribution < 1.29 is 4.79 Å². The molecule has 0 aromatic carbocycles. The van der Waals surface area contributed by atoms with Gasteiger partial charge in [0.2, 0.25) is 0 Å². The van der Waals surface area contributed by atoms with Gasteiger partial charge in [0.05, 0.1) is 15.9 Å². The number of carbonyl (C=O) groups excluding carboxylic acids is 1. The van der Waals surface area contributed by atoms with Gasteiger partial charge in [0.1, 0.15) is 5.78 Å². The summed E-state index contributed by atoms with van der Waals surface area (Å²) in [5.41, 5.74) is 1.91. The van der Waals surface area contributed by atoms with E-state index in [1.807, 2.05) is 14.0 Å². The number of aromatic nitrogens is 2. The van der Waals surface area contributed by atoms with Crippen LogP contribution in [-0.2, 0) is 24.7 Å². The summed E-state index contributed by atoms with van der Waals surface area (Å²) < 4.78 is 2.75. The lowest BCUT2D eigenvalue weighted by Gasteiger charge is -2.02. The van der Waals surface area contributed by atoms with Gasteiger partial charge in [-0.1, -0.05) is 6.07 Å². The molecule has 0 unspecified atom stereocenters. The second-order valence-corrected chi connectivity index (χ2v) is 6.44. The Hall–Kier alpha value is -0.940. The summed E-state index contributed by atoms with van der Waals surface area (Å²) in [7, 11) is 1.88. The Balaban J connectivity index is 1.84. The van der Waals surface area contributed by atoms with Gasteiger partial charge in [0.25, 0.3) is 0 Å². The molecule has 0 bridgehead atoms. The van der Waals surface area contributed by atoms with Crippen molar-refractivity contribution in [1.29, 1.82) is 0 Å². The van der Waals surface area contributed by atoms with Crippen molar-refractivity contribution >= 4 is 33.0 Å². The van der Waals surface area contributed by atoms with Gasteiger partial charge in [0, 0.05) is 24.8 Å². The number of hydrogen-bond acceptors (Lipinski definition) is 3.